The van der Waals surface area contributed by atoms with Crippen LogP contribution in [-0.4, -0.2) is 17.0 Å². The summed E-state index contributed by atoms with van der Waals surface area (Å²) in [5.41, 5.74) is 1.60. The van der Waals surface area contributed by atoms with Crippen LogP contribution in [0, 0.1) is 18.8 Å². The Kier molecular flexibility index (Phi) is 4.10. The summed E-state index contributed by atoms with van der Waals surface area (Å²) in [7, 11) is 0. The Morgan fingerprint density at radius 3 is 2.58 bits per heavy atom. The Hall–Kier alpha value is -1.55. The largest absolute Gasteiger partial charge is 0.481 e. The molecule has 0 radical (unpaired) electrons. The Morgan fingerprint density at radius 1 is 1.32 bits per heavy atom. The zero-order valence-corrected chi connectivity index (χ0v) is 11.4. The number of halogens is 1. The monoisotopic (exact) mass is 281 g/mol. The fourth-order valence-corrected chi connectivity index (χ4v) is 2.54. The SMILES string of the molecule is Cc1ccc(NC(=O)C2CCC(C(=O)O)C2)cc1Cl. The van der Waals surface area contributed by atoms with Gasteiger partial charge >= 0.3 is 5.97 Å². The first-order chi connectivity index (χ1) is 8.97. The minimum Gasteiger partial charge on any atom is -0.481 e. The molecule has 2 unspecified atom stereocenters. The molecule has 0 bridgehead atoms. The van der Waals surface area contributed by atoms with E-state index in [1.165, 1.54) is 0 Å². The molecule has 0 spiro atoms. The lowest BCUT2D eigenvalue weighted by Gasteiger charge is -2.11. The van der Waals surface area contributed by atoms with Crippen molar-refractivity contribution in [3.05, 3.63) is 28.8 Å². The number of rotatable bonds is 3. The lowest BCUT2D eigenvalue weighted by atomic mass is 10.0. The minimum absolute atomic E-state index is 0.122. The van der Waals surface area contributed by atoms with E-state index in [4.69, 9.17) is 16.7 Å². The van der Waals surface area contributed by atoms with Gasteiger partial charge in [-0.2, -0.15) is 0 Å². The number of carboxylic acids is 1. The highest BCUT2D eigenvalue weighted by molar-refractivity contribution is 6.31. The predicted molar refractivity (Wildman–Crippen MR) is 73.3 cm³/mol. The second-order valence-corrected chi connectivity index (χ2v) is 5.41. The van der Waals surface area contributed by atoms with Crippen LogP contribution in [0.25, 0.3) is 0 Å². The summed E-state index contributed by atoms with van der Waals surface area (Å²) >= 11 is 5.99. The number of hydrogen-bond acceptors (Lipinski definition) is 2. The number of carbonyl (C=O) groups excluding carboxylic acids is 1. The van der Waals surface area contributed by atoms with Gasteiger partial charge in [0.25, 0.3) is 0 Å². The first-order valence-corrected chi connectivity index (χ1v) is 6.65. The Balaban J connectivity index is 1.98. The topological polar surface area (TPSA) is 66.4 Å². The van der Waals surface area contributed by atoms with Gasteiger partial charge in [-0.15, -0.1) is 0 Å². The highest BCUT2D eigenvalue weighted by Crippen LogP contribution is 2.32. The van der Waals surface area contributed by atoms with E-state index in [1.807, 2.05) is 13.0 Å². The van der Waals surface area contributed by atoms with E-state index in [0.29, 0.717) is 30.0 Å². The predicted octanol–water partition coefficient (Wildman–Crippen LogP) is 3.09. The Morgan fingerprint density at radius 2 is 2.00 bits per heavy atom. The van der Waals surface area contributed by atoms with Gasteiger partial charge in [-0.1, -0.05) is 17.7 Å². The molecular weight excluding hydrogens is 266 g/mol. The number of hydrogen-bond donors (Lipinski definition) is 2. The molecule has 1 aliphatic carbocycles. The molecular formula is C14H16ClNO3. The number of aryl methyl sites for hydroxylation is 1. The van der Waals surface area contributed by atoms with Crippen LogP contribution in [0.3, 0.4) is 0 Å². The van der Waals surface area contributed by atoms with E-state index in [-0.39, 0.29) is 11.8 Å². The number of nitrogens with one attached hydrogen (secondary N) is 1. The molecule has 19 heavy (non-hydrogen) atoms. The minimum atomic E-state index is -0.811. The van der Waals surface area contributed by atoms with Crippen molar-refractivity contribution in [3.63, 3.8) is 0 Å². The third-order valence-corrected chi connectivity index (χ3v) is 4.00. The van der Waals surface area contributed by atoms with E-state index in [1.54, 1.807) is 12.1 Å². The van der Waals surface area contributed by atoms with Gasteiger partial charge in [-0.05, 0) is 43.9 Å². The lowest BCUT2D eigenvalue weighted by molar-refractivity contribution is -0.141. The van der Waals surface area contributed by atoms with Gasteiger partial charge in [0, 0.05) is 16.6 Å². The molecule has 2 N–H and O–H groups in total. The standard InChI is InChI=1S/C14H16ClNO3/c1-8-2-5-11(7-12(8)15)16-13(17)9-3-4-10(6-9)14(18)19/h2,5,7,9-10H,3-4,6H2,1H3,(H,16,17)(H,18,19). The first-order valence-electron chi connectivity index (χ1n) is 6.27. The van der Waals surface area contributed by atoms with E-state index in [9.17, 15) is 9.59 Å². The average Bonchev–Trinajstić information content (AvgIpc) is 2.83. The van der Waals surface area contributed by atoms with Gasteiger partial charge in [0.05, 0.1) is 5.92 Å². The smallest absolute Gasteiger partial charge is 0.306 e. The van der Waals surface area contributed by atoms with Crippen LogP contribution >= 0.6 is 11.6 Å². The maximum absolute atomic E-state index is 12.0. The molecule has 1 aliphatic rings. The van der Waals surface area contributed by atoms with Crippen molar-refractivity contribution in [2.75, 3.05) is 5.32 Å². The quantitative estimate of drug-likeness (QED) is 0.895. The van der Waals surface area contributed by atoms with Gasteiger partial charge in [0.1, 0.15) is 0 Å². The van der Waals surface area contributed by atoms with Gasteiger partial charge < -0.3 is 10.4 Å². The molecule has 0 saturated heterocycles. The third kappa shape index (κ3) is 3.26. The van der Waals surface area contributed by atoms with Crippen molar-refractivity contribution >= 4 is 29.2 Å². The summed E-state index contributed by atoms with van der Waals surface area (Å²) in [5, 5.41) is 12.3. The van der Waals surface area contributed by atoms with Crippen LogP contribution in [-0.2, 0) is 9.59 Å². The van der Waals surface area contributed by atoms with E-state index in [2.05, 4.69) is 5.32 Å². The molecule has 102 valence electrons. The third-order valence-electron chi connectivity index (χ3n) is 3.59. The van der Waals surface area contributed by atoms with E-state index in [0.717, 1.165) is 5.56 Å². The zero-order chi connectivity index (χ0) is 14.0. The molecule has 4 nitrogen and oxygen atoms in total. The molecule has 0 aliphatic heterocycles. The molecule has 1 aromatic rings. The number of aliphatic carboxylic acids is 1. The van der Waals surface area contributed by atoms with Crippen LogP contribution in [0.15, 0.2) is 18.2 Å². The molecule has 2 rings (SSSR count). The maximum atomic E-state index is 12.0. The molecule has 5 heteroatoms. The van der Waals surface area contributed by atoms with Crippen LogP contribution in [0.4, 0.5) is 5.69 Å². The van der Waals surface area contributed by atoms with Gasteiger partial charge in [-0.3, -0.25) is 9.59 Å². The molecule has 1 fully saturated rings. The Labute approximate surface area is 116 Å². The molecule has 1 saturated carbocycles. The summed E-state index contributed by atoms with van der Waals surface area (Å²) in [6.45, 7) is 1.89. The fourth-order valence-electron chi connectivity index (χ4n) is 2.36. The summed E-state index contributed by atoms with van der Waals surface area (Å²) < 4.78 is 0. The van der Waals surface area contributed by atoms with Crippen molar-refractivity contribution in [1.82, 2.24) is 0 Å². The number of carbonyl (C=O) groups is 2. The first kappa shape index (κ1) is 13.9. The van der Waals surface area contributed by atoms with Crippen LogP contribution in [0.2, 0.25) is 5.02 Å². The summed E-state index contributed by atoms with van der Waals surface area (Å²) in [6, 6.07) is 5.34. The Bertz CT molecular complexity index is 515. The van der Waals surface area contributed by atoms with Crippen LogP contribution < -0.4 is 5.32 Å². The molecule has 1 aromatic carbocycles. The van der Waals surface area contributed by atoms with Crippen molar-refractivity contribution in [1.29, 1.82) is 0 Å². The van der Waals surface area contributed by atoms with Gasteiger partial charge in [0.15, 0.2) is 0 Å². The zero-order valence-electron chi connectivity index (χ0n) is 10.6. The second-order valence-electron chi connectivity index (χ2n) is 5.00. The van der Waals surface area contributed by atoms with Crippen LogP contribution in [0.5, 0.6) is 0 Å². The van der Waals surface area contributed by atoms with Crippen molar-refractivity contribution in [2.45, 2.75) is 26.2 Å². The molecule has 2 atom stereocenters. The number of anilines is 1. The van der Waals surface area contributed by atoms with Gasteiger partial charge in [0.2, 0.25) is 5.91 Å². The van der Waals surface area contributed by atoms with Crippen molar-refractivity contribution in [2.24, 2.45) is 11.8 Å². The fraction of sp³-hybridized carbons (Fsp3) is 0.429. The number of amides is 1. The van der Waals surface area contributed by atoms with E-state index >= 15 is 0 Å². The van der Waals surface area contributed by atoms with Gasteiger partial charge in [-0.25, -0.2) is 0 Å². The highest BCUT2D eigenvalue weighted by Gasteiger charge is 2.33. The van der Waals surface area contributed by atoms with E-state index < -0.39 is 11.9 Å². The van der Waals surface area contributed by atoms with Crippen molar-refractivity contribution < 1.29 is 14.7 Å². The molecule has 0 aromatic heterocycles. The number of carboxylic acid groups (broad SMARTS) is 1. The highest BCUT2D eigenvalue weighted by atomic mass is 35.5. The summed E-state index contributed by atoms with van der Waals surface area (Å²) in [4.78, 5) is 22.9. The normalized spacial score (nSPS) is 22.2. The molecule has 0 heterocycles. The molecule has 1 amide bonds. The van der Waals surface area contributed by atoms with Crippen molar-refractivity contribution in [3.8, 4) is 0 Å². The lowest BCUT2D eigenvalue weighted by Crippen LogP contribution is -2.21. The number of benzene rings is 1. The maximum Gasteiger partial charge on any atom is 0.306 e. The van der Waals surface area contributed by atoms with Crippen LogP contribution in [0.1, 0.15) is 24.8 Å². The second kappa shape index (κ2) is 5.61. The average molecular weight is 282 g/mol. The summed E-state index contributed by atoms with van der Waals surface area (Å²) in [6.07, 6.45) is 1.62. The summed E-state index contributed by atoms with van der Waals surface area (Å²) in [5.74, 6) is -1.55.